The molecule has 1 aromatic carbocycles. The fourth-order valence-electron chi connectivity index (χ4n) is 2.70. The van der Waals surface area contributed by atoms with Crippen molar-refractivity contribution in [2.45, 2.75) is 39.2 Å². The standard InChI is InChI=1S/C16H24FNS/c1-3-7-18-16(13-6-8-19-11-13)10-14-9-15(17)5-4-12(14)2/h4-5,9,13,16,18H,3,6-8,10-11H2,1-2H3. The molecule has 0 saturated carbocycles. The van der Waals surface area contributed by atoms with Crippen molar-refractivity contribution < 1.29 is 4.39 Å². The molecule has 0 aromatic heterocycles. The first kappa shape index (κ1) is 14.9. The Labute approximate surface area is 120 Å². The molecule has 2 unspecified atom stereocenters. The van der Waals surface area contributed by atoms with Crippen LogP contribution >= 0.6 is 11.8 Å². The summed E-state index contributed by atoms with van der Waals surface area (Å²) in [5.74, 6) is 3.14. The Morgan fingerprint density at radius 2 is 2.32 bits per heavy atom. The molecule has 0 amide bonds. The minimum Gasteiger partial charge on any atom is -0.313 e. The zero-order valence-corrected chi connectivity index (χ0v) is 12.7. The second kappa shape index (κ2) is 7.30. The molecule has 2 rings (SSSR count). The van der Waals surface area contributed by atoms with Gasteiger partial charge in [0, 0.05) is 6.04 Å². The van der Waals surface area contributed by atoms with E-state index in [9.17, 15) is 4.39 Å². The van der Waals surface area contributed by atoms with Crippen molar-refractivity contribution in [3.63, 3.8) is 0 Å². The quantitative estimate of drug-likeness (QED) is 0.851. The summed E-state index contributed by atoms with van der Waals surface area (Å²) >= 11 is 2.05. The van der Waals surface area contributed by atoms with Crippen molar-refractivity contribution in [1.82, 2.24) is 5.32 Å². The van der Waals surface area contributed by atoms with Gasteiger partial charge < -0.3 is 5.32 Å². The van der Waals surface area contributed by atoms with E-state index in [-0.39, 0.29) is 5.82 Å². The average molecular weight is 281 g/mol. The highest BCUT2D eigenvalue weighted by molar-refractivity contribution is 7.99. The lowest BCUT2D eigenvalue weighted by Gasteiger charge is -2.25. The molecule has 2 atom stereocenters. The fraction of sp³-hybridized carbons (Fsp3) is 0.625. The van der Waals surface area contributed by atoms with Crippen LogP contribution in [0.25, 0.3) is 0 Å². The lowest BCUT2D eigenvalue weighted by atomic mass is 9.91. The molecule has 1 saturated heterocycles. The van der Waals surface area contributed by atoms with E-state index in [0.717, 1.165) is 30.9 Å². The predicted molar refractivity (Wildman–Crippen MR) is 82.4 cm³/mol. The van der Waals surface area contributed by atoms with Gasteiger partial charge >= 0.3 is 0 Å². The highest BCUT2D eigenvalue weighted by atomic mass is 32.2. The molecule has 1 fully saturated rings. The van der Waals surface area contributed by atoms with E-state index >= 15 is 0 Å². The predicted octanol–water partition coefficient (Wildman–Crippen LogP) is 3.80. The molecule has 0 aliphatic carbocycles. The van der Waals surface area contributed by atoms with Gasteiger partial charge in [0.05, 0.1) is 0 Å². The van der Waals surface area contributed by atoms with Gasteiger partial charge in [0.2, 0.25) is 0 Å². The number of halogens is 1. The molecule has 1 aliphatic rings. The summed E-state index contributed by atoms with van der Waals surface area (Å²) in [6, 6.07) is 5.65. The van der Waals surface area contributed by atoms with Gasteiger partial charge in [0.1, 0.15) is 5.82 Å². The fourth-order valence-corrected chi connectivity index (χ4v) is 4.04. The molecular formula is C16H24FNS. The van der Waals surface area contributed by atoms with Crippen LogP contribution in [0.15, 0.2) is 18.2 Å². The van der Waals surface area contributed by atoms with E-state index in [1.165, 1.54) is 23.5 Å². The van der Waals surface area contributed by atoms with Gasteiger partial charge in [-0.05, 0) is 73.4 Å². The first-order chi connectivity index (χ1) is 9.20. The summed E-state index contributed by atoms with van der Waals surface area (Å²) in [7, 11) is 0. The lowest BCUT2D eigenvalue weighted by molar-refractivity contribution is 0.379. The van der Waals surface area contributed by atoms with Crippen LogP contribution in [-0.4, -0.2) is 24.1 Å². The molecule has 1 N–H and O–H groups in total. The smallest absolute Gasteiger partial charge is 0.123 e. The van der Waals surface area contributed by atoms with Crippen LogP contribution in [0.2, 0.25) is 0 Å². The van der Waals surface area contributed by atoms with Crippen LogP contribution in [0.3, 0.4) is 0 Å². The van der Waals surface area contributed by atoms with Gasteiger partial charge in [-0.1, -0.05) is 13.0 Å². The largest absolute Gasteiger partial charge is 0.313 e. The maximum atomic E-state index is 13.4. The number of aryl methyl sites for hydroxylation is 1. The monoisotopic (exact) mass is 281 g/mol. The van der Waals surface area contributed by atoms with Crippen molar-refractivity contribution in [1.29, 1.82) is 0 Å². The molecular weight excluding hydrogens is 257 g/mol. The van der Waals surface area contributed by atoms with Crippen LogP contribution in [0, 0.1) is 18.7 Å². The van der Waals surface area contributed by atoms with Gasteiger partial charge in [-0.25, -0.2) is 4.39 Å². The first-order valence-electron chi connectivity index (χ1n) is 7.27. The highest BCUT2D eigenvalue weighted by Crippen LogP contribution is 2.28. The summed E-state index contributed by atoms with van der Waals surface area (Å²) in [6.07, 6.45) is 3.40. The number of hydrogen-bond acceptors (Lipinski definition) is 2. The number of hydrogen-bond donors (Lipinski definition) is 1. The van der Waals surface area contributed by atoms with Crippen LogP contribution in [0.5, 0.6) is 0 Å². The van der Waals surface area contributed by atoms with Gasteiger partial charge in [-0.3, -0.25) is 0 Å². The molecule has 1 aliphatic heterocycles. The SMILES string of the molecule is CCCNC(Cc1cc(F)ccc1C)C1CCSC1. The van der Waals surface area contributed by atoms with Gasteiger partial charge in [0.25, 0.3) is 0 Å². The Hall–Kier alpha value is -0.540. The van der Waals surface area contributed by atoms with Gasteiger partial charge in [-0.2, -0.15) is 11.8 Å². The van der Waals surface area contributed by atoms with Crippen LogP contribution in [0.1, 0.15) is 30.9 Å². The van der Waals surface area contributed by atoms with E-state index in [2.05, 4.69) is 19.2 Å². The second-order valence-electron chi connectivity index (χ2n) is 5.46. The molecule has 0 spiro atoms. The van der Waals surface area contributed by atoms with Crippen molar-refractivity contribution in [3.05, 3.63) is 35.1 Å². The Bertz CT molecular complexity index is 402. The third-order valence-electron chi connectivity index (χ3n) is 3.94. The normalized spacial score (nSPS) is 20.7. The summed E-state index contributed by atoms with van der Waals surface area (Å²) in [6.45, 7) is 5.33. The third-order valence-corrected chi connectivity index (χ3v) is 5.13. The lowest BCUT2D eigenvalue weighted by Crippen LogP contribution is -2.38. The number of thioether (sulfide) groups is 1. The van der Waals surface area contributed by atoms with Crippen molar-refractivity contribution >= 4 is 11.8 Å². The zero-order valence-electron chi connectivity index (χ0n) is 11.9. The summed E-state index contributed by atoms with van der Waals surface area (Å²) in [4.78, 5) is 0. The van der Waals surface area contributed by atoms with E-state index in [1.807, 2.05) is 17.8 Å². The molecule has 1 heterocycles. The van der Waals surface area contributed by atoms with E-state index in [0.29, 0.717) is 6.04 Å². The Balaban J connectivity index is 2.07. The van der Waals surface area contributed by atoms with Crippen LogP contribution in [-0.2, 0) is 6.42 Å². The molecule has 1 nitrogen and oxygen atoms in total. The first-order valence-corrected chi connectivity index (χ1v) is 8.42. The Morgan fingerprint density at radius 3 is 3.00 bits per heavy atom. The Morgan fingerprint density at radius 1 is 1.47 bits per heavy atom. The minimum atomic E-state index is -0.115. The van der Waals surface area contributed by atoms with Gasteiger partial charge in [-0.15, -0.1) is 0 Å². The van der Waals surface area contributed by atoms with Gasteiger partial charge in [0.15, 0.2) is 0 Å². The molecule has 106 valence electrons. The maximum absolute atomic E-state index is 13.4. The van der Waals surface area contributed by atoms with E-state index < -0.39 is 0 Å². The summed E-state index contributed by atoms with van der Waals surface area (Å²) in [5.41, 5.74) is 2.36. The Kier molecular flexibility index (Phi) is 5.71. The third kappa shape index (κ3) is 4.22. The molecule has 3 heteroatoms. The number of nitrogens with one attached hydrogen (secondary N) is 1. The molecule has 1 aromatic rings. The van der Waals surface area contributed by atoms with Crippen molar-refractivity contribution in [2.75, 3.05) is 18.1 Å². The van der Waals surface area contributed by atoms with E-state index in [1.54, 1.807) is 12.1 Å². The number of rotatable bonds is 6. The van der Waals surface area contributed by atoms with Crippen molar-refractivity contribution in [3.8, 4) is 0 Å². The van der Waals surface area contributed by atoms with Crippen LogP contribution in [0.4, 0.5) is 4.39 Å². The van der Waals surface area contributed by atoms with Crippen molar-refractivity contribution in [2.24, 2.45) is 5.92 Å². The second-order valence-corrected chi connectivity index (χ2v) is 6.61. The summed E-state index contributed by atoms with van der Waals surface area (Å²) in [5, 5.41) is 3.67. The zero-order chi connectivity index (χ0) is 13.7. The molecule has 0 radical (unpaired) electrons. The van der Waals surface area contributed by atoms with E-state index in [4.69, 9.17) is 0 Å². The topological polar surface area (TPSA) is 12.0 Å². The highest BCUT2D eigenvalue weighted by Gasteiger charge is 2.25. The van der Waals surface area contributed by atoms with Crippen LogP contribution < -0.4 is 5.32 Å². The summed E-state index contributed by atoms with van der Waals surface area (Å²) < 4.78 is 13.4. The molecule has 0 bridgehead atoms. The molecule has 19 heavy (non-hydrogen) atoms. The average Bonchev–Trinajstić information content (AvgIpc) is 2.92. The maximum Gasteiger partial charge on any atom is 0.123 e. The minimum absolute atomic E-state index is 0.115. The number of benzene rings is 1.